The van der Waals surface area contributed by atoms with E-state index in [1.54, 1.807) is 26.8 Å². The van der Waals surface area contributed by atoms with Gasteiger partial charge in [-0.1, -0.05) is 121 Å². The fourth-order valence-electron chi connectivity index (χ4n) is 5.42. The molecular weight excluding hydrogens is 607 g/mol. The topological polar surface area (TPSA) is 58.6 Å². The smallest absolute Gasteiger partial charge is 0.345 e. The van der Waals surface area contributed by atoms with Crippen LogP contribution in [-0.4, -0.2) is 45.0 Å². The fraction of sp³-hybridized carbons (Fsp3) is 0.243. The molecule has 2 aliphatic carbocycles. The SMILES string of the molecule is C#CCSC1C(NC(c2ccccc2)(c2ccccc2)c2ccccc2)C(=O)N1C(Cl)C(=O)OC(C)(C)C.Fc1cc2ccc1=2. The molecule has 1 N–H and O–H groups in total. The van der Waals surface area contributed by atoms with Gasteiger partial charge < -0.3 is 9.64 Å². The van der Waals surface area contributed by atoms with Crippen molar-refractivity contribution in [2.75, 3.05) is 5.75 Å². The Hall–Kier alpha value is -4.09. The van der Waals surface area contributed by atoms with Gasteiger partial charge in [0.25, 0.3) is 0 Å². The van der Waals surface area contributed by atoms with Crippen molar-refractivity contribution in [3.8, 4) is 12.3 Å². The second-order valence-corrected chi connectivity index (χ2v) is 13.2. The molecule has 3 aliphatic rings. The number of likely N-dealkylation sites (tertiary alicyclic amines) is 1. The van der Waals surface area contributed by atoms with Gasteiger partial charge in [-0.3, -0.25) is 10.1 Å². The zero-order chi connectivity index (χ0) is 32.2. The number of carbonyl (C=O) groups excluding carboxylic acids is 2. The van der Waals surface area contributed by atoms with Crippen molar-refractivity contribution < 1.29 is 18.7 Å². The first-order valence-electron chi connectivity index (χ1n) is 14.5. The minimum absolute atomic E-state index is 0.0579. The first-order chi connectivity index (χ1) is 21.6. The highest BCUT2D eigenvalue weighted by Crippen LogP contribution is 2.42. The van der Waals surface area contributed by atoms with E-state index in [0.29, 0.717) is 5.75 Å². The van der Waals surface area contributed by atoms with Gasteiger partial charge >= 0.3 is 5.97 Å². The average molecular weight is 641 g/mol. The number of amides is 1. The van der Waals surface area contributed by atoms with Crippen LogP contribution in [0.15, 0.2) is 109 Å². The average Bonchev–Trinajstić information content (AvgIpc) is 3.03. The molecule has 1 heterocycles. The molecule has 0 saturated carbocycles. The number of terminal acetylenes is 1. The number of β-lactam (4-membered cyclic amide) rings is 1. The lowest BCUT2D eigenvalue weighted by atomic mass is 9.76. The lowest BCUT2D eigenvalue weighted by molar-refractivity contribution is -0.167. The summed E-state index contributed by atoms with van der Waals surface area (Å²) in [6.07, 6.45) is 5.58. The van der Waals surface area contributed by atoms with Crippen LogP contribution in [0.2, 0.25) is 0 Å². The Morgan fingerprint density at radius 1 is 0.956 bits per heavy atom. The number of rotatable bonds is 9. The first kappa shape index (κ1) is 32.3. The van der Waals surface area contributed by atoms with E-state index in [1.165, 1.54) is 22.7 Å². The second-order valence-electron chi connectivity index (χ2n) is 11.7. The summed E-state index contributed by atoms with van der Waals surface area (Å²) in [6, 6.07) is 34.6. The van der Waals surface area contributed by atoms with Gasteiger partial charge in [-0.25, -0.2) is 9.18 Å². The highest BCUT2D eigenvalue weighted by Gasteiger charge is 2.55. The zero-order valence-corrected chi connectivity index (χ0v) is 26.8. The van der Waals surface area contributed by atoms with Crippen molar-refractivity contribution >= 4 is 35.2 Å². The molecule has 0 spiro atoms. The molecule has 8 heteroatoms. The Morgan fingerprint density at radius 2 is 1.47 bits per heavy atom. The van der Waals surface area contributed by atoms with Gasteiger partial charge in [0.1, 0.15) is 22.8 Å². The summed E-state index contributed by atoms with van der Waals surface area (Å²) in [6.45, 7) is 5.28. The standard InChI is InChI=1S/C31H31ClN2O3S.C6H3F/c1-5-21-38-28-25(27(35)34(28)26(32)29(36)37-30(2,3)4)33-31(22-15-9-6-10-16-22,23-17-11-7-12-18-23)24-19-13-8-14-20-24;7-6-3-4-1-2-5(4)6/h1,6-20,25-26,28,33H,21H2,2-4H3;1-3H. The van der Waals surface area contributed by atoms with Gasteiger partial charge in [0.05, 0.1) is 11.3 Å². The summed E-state index contributed by atoms with van der Waals surface area (Å²) in [5, 5.41) is 5.10. The molecule has 0 aromatic heterocycles. The van der Waals surface area contributed by atoms with Crippen molar-refractivity contribution in [1.82, 2.24) is 10.2 Å². The Balaban J connectivity index is 0.000000496. The van der Waals surface area contributed by atoms with Crippen molar-refractivity contribution in [2.45, 2.75) is 48.8 Å². The van der Waals surface area contributed by atoms with E-state index in [1.807, 2.05) is 97.1 Å². The molecule has 6 rings (SSSR count). The first-order valence-corrected chi connectivity index (χ1v) is 16.0. The number of halogens is 2. The highest BCUT2D eigenvalue weighted by molar-refractivity contribution is 8.00. The minimum Gasteiger partial charge on any atom is -0.458 e. The second kappa shape index (κ2) is 13.5. The lowest BCUT2D eigenvalue weighted by Crippen LogP contribution is -2.74. The van der Waals surface area contributed by atoms with Crippen LogP contribution < -0.4 is 5.32 Å². The van der Waals surface area contributed by atoms with Crippen molar-refractivity contribution in [1.29, 1.82) is 0 Å². The van der Waals surface area contributed by atoms with Crippen molar-refractivity contribution in [3.63, 3.8) is 0 Å². The maximum atomic E-state index is 13.7. The van der Waals surface area contributed by atoms with Crippen molar-refractivity contribution in [2.24, 2.45) is 0 Å². The summed E-state index contributed by atoms with van der Waals surface area (Å²) < 4.78 is 17.4. The summed E-state index contributed by atoms with van der Waals surface area (Å²) in [7, 11) is 0. The molecule has 45 heavy (non-hydrogen) atoms. The summed E-state index contributed by atoms with van der Waals surface area (Å²) in [4.78, 5) is 27.9. The molecule has 5 nitrogen and oxygen atoms in total. The van der Waals surface area contributed by atoms with Crippen LogP contribution in [-0.2, 0) is 19.9 Å². The molecule has 0 bridgehead atoms. The van der Waals surface area contributed by atoms with Crippen molar-refractivity contribution in [3.05, 3.63) is 142 Å². The molecule has 3 unspecified atom stereocenters. The Labute approximate surface area is 272 Å². The van der Waals surface area contributed by atoms with Crippen LogP contribution in [0.4, 0.5) is 4.39 Å². The number of hydrogen-bond acceptors (Lipinski definition) is 5. The maximum Gasteiger partial charge on any atom is 0.345 e. The summed E-state index contributed by atoms with van der Waals surface area (Å²) in [5.41, 5.74) is 0.0468. The van der Waals surface area contributed by atoms with Gasteiger partial charge in [-0.2, -0.15) is 0 Å². The number of ether oxygens (including phenoxy) is 1. The van der Waals surface area contributed by atoms with E-state index in [0.717, 1.165) is 27.1 Å². The van der Waals surface area contributed by atoms with Crippen LogP contribution in [0, 0.1) is 28.6 Å². The largest absolute Gasteiger partial charge is 0.458 e. The molecule has 1 amide bonds. The summed E-state index contributed by atoms with van der Waals surface area (Å²) >= 11 is 7.92. The van der Waals surface area contributed by atoms with Crippen LogP contribution in [0.25, 0.3) is 0 Å². The molecule has 3 aromatic carbocycles. The van der Waals surface area contributed by atoms with Crippen LogP contribution >= 0.6 is 23.4 Å². The molecule has 230 valence electrons. The third-order valence-corrected chi connectivity index (χ3v) is 9.10. The molecular formula is C37H34ClFN2O3S. The number of alkyl halides is 1. The zero-order valence-electron chi connectivity index (χ0n) is 25.2. The van der Waals surface area contributed by atoms with E-state index in [9.17, 15) is 14.0 Å². The van der Waals surface area contributed by atoms with E-state index in [2.05, 4.69) is 11.2 Å². The predicted molar refractivity (Wildman–Crippen MR) is 178 cm³/mol. The molecule has 1 fully saturated rings. The molecule has 1 saturated heterocycles. The molecule has 3 atom stereocenters. The molecule has 0 radical (unpaired) electrons. The summed E-state index contributed by atoms with van der Waals surface area (Å²) in [5.74, 6) is 1.95. The van der Waals surface area contributed by atoms with Gasteiger partial charge in [0.2, 0.25) is 11.4 Å². The van der Waals surface area contributed by atoms with E-state index >= 15 is 0 Å². The molecule has 1 aliphatic heterocycles. The maximum absolute atomic E-state index is 13.7. The highest BCUT2D eigenvalue weighted by atomic mass is 35.5. The van der Waals surface area contributed by atoms with Crippen LogP contribution in [0.1, 0.15) is 37.5 Å². The Kier molecular flexibility index (Phi) is 9.69. The van der Waals surface area contributed by atoms with E-state index in [4.69, 9.17) is 22.8 Å². The van der Waals surface area contributed by atoms with E-state index < -0.39 is 34.0 Å². The number of carbonyl (C=O) groups is 2. The number of nitrogens with zero attached hydrogens (tertiary/aromatic N) is 1. The third-order valence-electron chi connectivity index (χ3n) is 7.54. The monoisotopic (exact) mass is 640 g/mol. The third kappa shape index (κ3) is 6.64. The quantitative estimate of drug-likeness (QED) is 0.0480. The number of esters is 1. The number of benzene rings is 4. The number of thioether (sulfide) groups is 1. The number of nitrogens with one attached hydrogen (secondary N) is 1. The fourth-order valence-corrected chi connectivity index (χ4v) is 6.78. The normalized spacial score (nSPS) is 17.2. The molecule has 3 aromatic rings. The Bertz CT molecular complexity index is 1700. The van der Waals surface area contributed by atoms with Gasteiger partial charge in [-0.15, -0.1) is 18.2 Å². The van der Waals surface area contributed by atoms with E-state index in [-0.39, 0.29) is 11.7 Å². The minimum atomic E-state index is -1.27. The van der Waals surface area contributed by atoms with Gasteiger partial charge in [0.15, 0.2) is 0 Å². The van der Waals surface area contributed by atoms with Gasteiger partial charge in [-0.05, 0) is 48.7 Å². The predicted octanol–water partition coefficient (Wildman–Crippen LogP) is 6.80. The van der Waals surface area contributed by atoms with Gasteiger partial charge in [0, 0.05) is 5.22 Å². The number of hydrogen-bond donors (Lipinski definition) is 1. The Morgan fingerprint density at radius 3 is 1.80 bits per heavy atom. The van der Waals surface area contributed by atoms with Crippen LogP contribution in [0.3, 0.4) is 0 Å². The van der Waals surface area contributed by atoms with Crippen LogP contribution in [0.5, 0.6) is 0 Å². The lowest BCUT2D eigenvalue weighted by Gasteiger charge is -2.52.